The molecule has 0 aliphatic heterocycles. The first-order chi connectivity index (χ1) is 9.70. The number of aliphatic imine (C=N–C) groups is 1. The Morgan fingerprint density at radius 2 is 1.62 bits per heavy atom. The number of unbranched alkanes of at least 4 members (excludes halogenated alkanes) is 1. The summed E-state index contributed by atoms with van der Waals surface area (Å²) in [5.41, 5.74) is 0. The Morgan fingerprint density at radius 1 is 1.00 bits per heavy atom. The molecular formula is C15H34IN3O2. The molecule has 0 aromatic rings. The van der Waals surface area contributed by atoms with E-state index >= 15 is 0 Å². The molecular weight excluding hydrogens is 381 g/mol. The van der Waals surface area contributed by atoms with Crippen LogP contribution in [0.1, 0.15) is 40.0 Å². The monoisotopic (exact) mass is 415 g/mol. The Balaban J connectivity index is 0. The SMILES string of the molecule is CCOCCCCNC(=NC)NCCCOCC(C)C.I. The largest absolute Gasteiger partial charge is 0.382 e. The second-order valence-electron chi connectivity index (χ2n) is 5.15. The molecule has 21 heavy (non-hydrogen) atoms. The summed E-state index contributed by atoms with van der Waals surface area (Å²) >= 11 is 0. The molecule has 0 fully saturated rings. The van der Waals surface area contributed by atoms with E-state index in [4.69, 9.17) is 9.47 Å². The highest BCUT2D eigenvalue weighted by Crippen LogP contribution is 1.93. The number of rotatable bonds is 12. The first kappa shape index (κ1) is 23.2. The molecule has 0 saturated carbocycles. The second kappa shape index (κ2) is 18.0. The number of ether oxygens (including phenoxy) is 2. The van der Waals surface area contributed by atoms with Crippen molar-refractivity contribution in [2.75, 3.05) is 46.6 Å². The Kier molecular flexibility index (Phi) is 19.8. The van der Waals surface area contributed by atoms with Crippen LogP contribution < -0.4 is 10.6 Å². The minimum atomic E-state index is 0. The van der Waals surface area contributed by atoms with Crippen molar-refractivity contribution in [2.24, 2.45) is 10.9 Å². The number of nitrogens with zero attached hydrogens (tertiary/aromatic N) is 1. The maximum Gasteiger partial charge on any atom is 0.190 e. The molecule has 0 saturated heterocycles. The fourth-order valence-corrected chi connectivity index (χ4v) is 1.60. The van der Waals surface area contributed by atoms with E-state index in [1.165, 1.54) is 0 Å². The molecule has 2 N–H and O–H groups in total. The van der Waals surface area contributed by atoms with Gasteiger partial charge in [0.05, 0.1) is 0 Å². The summed E-state index contributed by atoms with van der Waals surface area (Å²) in [6.07, 6.45) is 3.18. The second-order valence-corrected chi connectivity index (χ2v) is 5.15. The molecule has 0 spiro atoms. The maximum absolute atomic E-state index is 5.53. The summed E-state index contributed by atoms with van der Waals surface area (Å²) in [4.78, 5) is 4.19. The number of hydrogen-bond acceptors (Lipinski definition) is 3. The van der Waals surface area contributed by atoms with Crippen molar-refractivity contribution >= 4 is 29.9 Å². The molecule has 0 aromatic carbocycles. The quantitative estimate of drug-likeness (QED) is 0.223. The van der Waals surface area contributed by atoms with Gasteiger partial charge < -0.3 is 20.1 Å². The standard InChI is InChI=1S/C15H33N3O2.HI/c1-5-19-11-7-6-9-17-15(16-4)18-10-8-12-20-13-14(2)3;/h14H,5-13H2,1-4H3,(H2,16,17,18);1H. The summed E-state index contributed by atoms with van der Waals surface area (Å²) in [6.45, 7) is 11.4. The Hall–Kier alpha value is -0.0800. The molecule has 0 rings (SSSR count). The van der Waals surface area contributed by atoms with Crippen LogP contribution in [-0.2, 0) is 9.47 Å². The van der Waals surface area contributed by atoms with Gasteiger partial charge in [-0.1, -0.05) is 13.8 Å². The highest BCUT2D eigenvalue weighted by Gasteiger charge is 1.97. The van der Waals surface area contributed by atoms with Gasteiger partial charge in [-0.05, 0) is 32.1 Å². The minimum absolute atomic E-state index is 0. The summed E-state index contributed by atoms with van der Waals surface area (Å²) in [5, 5.41) is 6.59. The van der Waals surface area contributed by atoms with Crippen molar-refractivity contribution in [1.29, 1.82) is 0 Å². The zero-order valence-electron chi connectivity index (χ0n) is 14.1. The Morgan fingerprint density at radius 3 is 2.19 bits per heavy atom. The smallest absolute Gasteiger partial charge is 0.190 e. The third kappa shape index (κ3) is 17.9. The van der Waals surface area contributed by atoms with Crippen LogP contribution >= 0.6 is 24.0 Å². The van der Waals surface area contributed by atoms with Crippen LogP contribution in [-0.4, -0.2) is 52.5 Å². The number of guanidine groups is 1. The normalized spacial score (nSPS) is 11.4. The molecule has 0 bridgehead atoms. The molecule has 0 amide bonds. The van der Waals surface area contributed by atoms with E-state index in [-0.39, 0.29) is 24.0 Å². The third-order valence-electron chi connectivity index (χ3n) is 2.64. The van der Waals surface area contributed by atoms with Crippen LogP contribution in [0.5, 0.6) is 0 Å². The number of halogens is 1. The van der Waals surface area contributed by atoms with Gasteiger partial charge in [0.2, 0.25) is 0 Å². The molecule has 0 heterocycles. The van der Waals surface area contributed by atoms with Crippen molar-refractivity contribution in [1.82, 2.24) is 10.6 Å². The van der Waals surface area contributed by atoms with Crippen LogP contribution in [0.15, 0.2) is 4.99 Å². The minimum Gasteiger partial charge on any atom is -0.382 e. The van der Waals surface area contributed by atoms with E-state index in [0.717, 1.165) is 64.7 Å². The third-order valence-corrected chi connectivity index (χ3v) is 2.64. The zero-order valence-corrected chi connectivity index (χ0v) is 16.4. The summed E-state index contributed by atoms with van der Waals surface area (Å²) in [5.74, 6) is 1.47. The topological polar surface area (TPSA) is 54.9 Å². The summed E-state index contributed by atoms with van der Waals surface area (Å²) in [6, 6.07) is 0. The van der Waals surface area contributed by atoms with Gasteiger partial charge in [0, 0.05) is 46.6 Å². The van der Waals surface area contributed by atoms with Crippen LogP contribution in [0.25, 0.3) is 0 Å². The van der Waals surface area contributed by atoms with Gasteiger partial charge in [-0.3, -0.25) is 4.99 Å². The fraction of sp³-hybridized carbons (Fsp3) is 0.933. The van der Waals surface area contributed by atoms with Gasteiger partial charge in [0.1, 0.15) is 0 Å². The van der Waals surface area contributed by atoms with Crippen molar-refractivity contribution < 1.29 is 9.47 Å². The molecule has 128 valence electrons. The van der Waals surface area contributed by atoms with E-state index in [1.54, 1.807) is 7.05 Å². The lowest BCUT2D eigenvalue weighted by atomic mass is 10.2. The van der Waals surface area contributed by atoms with Gasteiger partial charge >= 0.3 is 0 Å². The van der Waals surface area contributed by atoms with E-state index in [2.05, 4.69) is 29.5 Å². The Bertz CT molecular complexity index is 239. The molecule has 5 nitrogen and oxygen atoms in total. The van der Waals surface area contributed by atoms with E-state index < -0.39 is 0 Å². The van der Waals surface area contributed by atoms with Crippen molar-refractivity contribution in [2.45, 2.75) is 40.0 Å². The van der Waals surface area contributed by atoms with Crippen LogP contribution in [0.2, 0.25) is 0 Å². The van der Waals surface area contributed by atoms with E-state index in [1.807, 2.05) is 6.92 Å². The van der Waals surface area contributed by atoms with Gasteiger partial charge in [0.15, 0.2) is 5.96 Å². The van der Waals surface area contributed by atoms with Gasteiger partial charge in [0.25, 0.3) is 0 Å². The molecule has 0 aromatic heterocycles. The first-order valence-electron chi connectivity index (χ1n) is 7.80. The van der Waals surface area contributed by atoms with Crippen molar-refractivity contribution in [3.63, 3.8) is 0 Å². The van der Waals surface area contributed by atoms with Gasteiger partial charge in [-0.15, -0.1) is 24.0 Å². The highest BCUT2D eigenvalue weighted by molar-refractivity contribution is 14.0. The van der Waals surface area contributed by atoms with Gasteiger partial charge in [-0.25, -0.2) is 0 Å². The number of nitrogens with one attached hydrogen (secondary N) is 2. The summed E-state index contributed by atoms with van der Waals surface area (Å²) < 4.78 is 10.8. The Labute approximate surface area is 147 Å². The van der Waals surface area contributed by atoms with Gasteiger partial charge in [-0.2, -0.15) is 0 Å². The predicted octanol–water partition coefficient (Wildman–Crippen LogP) is 2.65. The fourth-order valence-electron chi connectivity index (χ4n) is 1.60. The molecule has 6 heteroatoms. The lowest BCUT2D eigenvalue weighted by molar-refractivity contribution is 0.108. The van der Waals surface area contributed by atoms with E-state index in [9.17, 15) is 0 Å². The van der Waals surface area contributed by atoms with Crippen LogP contribution in [0.3, 0.4) is 0 Å². The highest BCUT2D eigenvalue weighted by atomic mass is 127. The summed E-state index contributed by atoms with van der Waals surface area (Å²) in [7, 11) is 1.80. The van der Waals surface area contributed by atoms with Crippen molar-refractivity contribution in [3.05, 3.63) is 0 Å². The molecule has 0 aliphatic carbocycles. The lowest BCUT2D eigenvalue weighted by Crippen LogP contribution is -2.38. The molecule has 0 radical (unpaired) electrons. The maximum atomic E-state index is 5.53. The zero-order chi connectivity index (χ0) is 15.1. The predicted molar refractivity (Wildman–Crippen MR) is 101 cm³/mol. The lowest BCUT2D eigenvalue weighted by Gasteiger charge is -2.12. The first-order valence-corrected chi connectivity index (χ1v) is 7.80. The molecule has 0 aliphatic rings. The average molecular weight is 415 g/mol. The molecule has 0 atom stereocenters. The van der Waals surface area contributed by atoms with Crippen LogP contribution in [0.4, 0.5) is 0 Å². The van der Waals surface area contributed by atoms with Crippen LogP contribution in [0, 0.1) is 5.92 Å². The van der Waals surface area contributed by atoms with Crippen molar-refractivity contribution in [3.8, 4) is 0 Å². The number of hydrogen-bond donors (Lipinski definition) is 2. The van der Waals surface area contributed by atoms with E-state index in [0.29, 0.717) is 5.92 Å². The molecule has 0 unspecified atom stereocenters. The average Bonchev–Trinajstić information content (AvgIpc) is 2.43.